The molecule has 0 saturated heterocycles. The van der Waals surface area contributed by atoms with Gasteiger partial charge in [-0.1, -0.05) is 43.0 Å². The number of anilines is 2. The molecular formula is C23H26N4. The molecule has 138 valence electrons. The van der Waals surface area contributed by atoms with Crippen molar-refractivity contribution < 1.29 is 0 Å². The van der Waals surface area contributed by atoms with E-state index in [1.807, 2.05) is 13.0 Å². The Morgan fingerprint density at radius 1 is 1.04 bits per heavy atom. The minimum absolute atomic E-state index is 0.775. The Morgan fingerprint density at radius 2 is 1.81 bits per heavy atom. The van der Waals surface area contributed by atoms with Gasteiger partial charge in [-0.2, -0.15) is 0 Å². The SMILES string of the molecule is C=C(C)Nc1cc(Cc2ccc(NCCc3ccccc3C)cc2)ncn1. The van der Waals surface area contributed by atoms with E-state index in [4.69, 9.17) is 0 Å². The predicted molar refractivity (Wildman–Crippen MR) is 113 cm³/mol. The van der Waals surface area contributed by atoms with E-state index in [1.165, 1.54) is 16.7 Å². The van der Waals surface area contributed by atoms with Gasteiger partial charge in [0.25, 0.3) is 0 Å². The van der Waals surface area contributed by atoms with Gasteiger partial charge in [-0.05, 0) is 49.1 Å². The van der Waals surface area contributed by atoms with Crippen LogP contribution >= 0.6 is 0 Å². The van der Waals surface area contributed by atoms with Gasteiger partial charge in [0.1, 0.15) is 12.1 Å². The van der Waals surface area contributed by atoms with Gasteiger partial charge in [0, 0.05) is 30.4 Å². The van der Waals surface area contributed by atoms with E-state index in [-0.39, 0.29) is 0 Å². The first-order chi connectivity index (χ1) is 13.1. The van der Waals surface area contributed by atoms with Crippen molar-refractivity contribution in [1.82, 2.24) is 9.97 Å². The van der Waals surface area contributed by atoms with Crippen molar-refractivity contribution in [3.8, 4) is 0 Å². The molecule has 0 amide bonds. The third-order valence-corrected chi connectivity index (χ3v) is 4.39. The number of hydrogen-bond acceptors (Lipinski definition) is 4. The van der Waals surface area contributed by atoms with Crippen LogP contribution in [-0.2, 0) is 12.8 Å². The third kappa shape index (κ3) is 5.68. The second-order valence-electron chi connectivity index (χ2n) is 6.78. The Kier molecular flexibility index (Phi) is 6.21. The van der Waals surface area contributed by atoms with Crippen molar-refractivity contribution in [1.29, 1.82) is 0 Å². The molecule has 0 radical (unpaired) electrons. The topological polar surface area (TPSA) is 49.8 Å². The number of aryl methyl sites for hydroxylation is 1. The van der Waals surface area contributed by atoms with Gasteiger partial charge in [0.15, 0.2) is 0 Å². The zero-order valence-corrected chi connectivity index (χ0v) is 16.0. The summed E-state index contributed by atoms with van der Waals surface area (Å²) in [5, 5.41) is 6.62. The summed E-state index contributed by atoms with van der Waals surface area (Å²) in [4.78, 5) is 8.57. The number of benzene rings is 2. The zero-order chi connectivity index (χ0) is 19.1. The highest BCUT2D eigenvalue weighted by Gasteiger charge is 2.02. The summed E-state index contributed by atoms with van der Waals surface area (Å²) in [6.07, 6.45) is 3.38. The quantitative estimate of drug-likeness (QED) is 0.596. The Morgan fingerprint density at radius 3 is 2.56 bits per heavy atom. The third-order valence-electron chi connectivity index (χ3n) is 4.39. The van der Waals surface area contributed by atoms with Gasteiger partial charge in [-0.15, -0.1) is 0 Å². The van der Waals surface area contributed by atoms with Gasteiger partial charge in [-0.25, -0.2) is 9.97 Å². The Bertz CT molecular complexity index is 900. The molecule has 3 aromatic rings. The second-order valence-corrected chi connectivity index (χ2v) is 6.78. The molecule has 3 rings (SSSR count). The van der Waals surface area contributed by atoms with E-state index in [0.29, 0.717) is 0 Å². The summed E-state index contributed by atoms with van der Waals surface area (Å²) in [5.41, 5.74) is 6.94. The zero-order valence-electron chi connectivity index (χ0n) is 16.0. The highest BCUT2D eigenvalue weighted by molar-refractivity contribution is 5.46. The van der Waals surface area contributed by atoms with Gasteiger partial charge < -0.3 is 10.6 Å². The van der Waals surface area contributed by atoms with Crippen LogP contribution in [0.25, 0.3) is 0 Å². The van der Waals surface area contributed by atoms with E-state index in [9.17, 15) is 0 Å². The fourth-order valence-corrected chi connectivity index (χ4v) is 2.96. The van der Waals surface area contributed by atoms with Gasteiger partial charge in [0.2, 0.25) is 0 Å². The average molecular weight is 358 g/mol. The maximum atomic E-state index is 4.36. The summed E-state index contributed by atoms with van der Waals surface area (Å²) >= 11 is 0. The minimum atomic E-state index is 0.775. The molecule has 4 nitrogen and oxygen atoms in total. The van der Waals surface area contributed by atoms with Crippen LogP contribution in [0.4, 0.5) is 11.5 Å². The smallest absolute Gasteiger partial charge is 0.133 e. The number of aromatic nitrogens is 2. The van der Waals surface area contributed by atoms with Gasteiger partial charge in [0.05, 0.1) is 5.69 Å². The summed E-state index contributed by atoms with van der Waals surface area (Å²) in [5.74, 6) is 0.780. The normalized spacial score (nSPS) is 10.4. The van der Waals surface area contributed by atoms with Crippen LogP contribution in [0.5, 0.6) is 0 Å². The van der Waals surface area contributed by atoms with Crippen molar-refractivity contribution in [3.63, 3.8) is 0 Å². The standard InChI is InChI=1S/C23H26N4/c1-17(2)27-23-15-22(25-16-26-23)14-19-8-10-21(11-9-19)24-13-12-20-7-5-4-6-18(20)3/h4-11,15-16,24H,1,12-14H2,2-3H3,(H,25,26,27). The molecule has 0 spiro atoms. The molecule has 0 unspecified atom stereocenters. The molecule has 27 heavy (non-hydrogen) atoms. The summed E-state index contributed by atoms with van der Waals surface area (Å²) in [6, 6.07) is 19.0. The Labute approximate surface area is 161 Å². The monoisotopic (exact) mass is 358 g/mol. The molecule has 0 bridgehead atoms. The number of nitrogens with zero attached hydrogens (tertiary/aromatic N) is 2. The van der Waals surface area contributed by atoms with Crippen LogP contribution in [0.3, 0.4) is 0 Å². The molecule has 4 heteroatoms. The summed E-state index contributed by atoms with van der Waals surface area (Å²) in [7, 11) is 0. The van der Waals surface area contributed by atoms with Crippen LogP contribution in [0, 0.1) is 6.92 Å². The summed E-state index contributed by atoms with van der Waals surface area (Å²) < 4.78 is 0. The molecule has 2 aromatic carbocycles. The molecule has 0 fully saturated rings. The van der Waals surface area contributed by atoms with E-state index >= 15 is 0 Å². The Balaban J connectivity index is 1.54. The molecule has 0 aliphatic rings. The molecule has 0 aliphatic carbocycles. The molecule has 0 atom stereocenters. The van der Waals surface area contributed by atoms with Crippen LogP contribution in [0.1, 0.15) is 29.3 Å². The van der Waals surface area contributed by atoms with E-state index in [0.717, 1.165) is 42.3 Å². The van der Waals surface area contributed by atoms with Crippen molar-refractivity contribution in [2.45, 2.75) is 26.7 Å². The lowest BCUT2D eigenvalue weighted by atomic mass is 10.1. The van der Waals surface area contributed by atoms with Crippen molar-refractivity contribution in [2.24, 2.45) is 0 Å². The lowest BCUT2D eigenvalue weighted by molar-refractivity contribution is 1.00. The lowest BCUT2D eigenvalue weighted by Crippen LogP contribution is -2.06. The first-order valence-electron chi connectivity index (χ1n) is 9.21. The van der Waals surface area contributed by atoms with Gasteiger partial charge >= 0.3 is 0 Å². The fourth-order valence-electron chi connectivity index (χ4n) is 2.96. The second kappa shape index (κ2) is 8.99. The van der Waals surface area contributed by atoms with E-state index in [2.05, 4.69) is 82.6 Å². The number of hydrogen-bond donors (Lipinski definition) is 2. The molecule has 1 heterocycles. The minimum Gasteiger partial charge on any atom is -0.385 e. The molecule has 0 saturated carbocycles. The van der Waals surface area contributed by atoms with E-state index < -0.39 is 0 Å². The number of allylic oxidation sites excluding steroid dienone is 1. The predicted octanol–water partition coefficient (Wildman–Crippen LogP) is 4.98. The Hall–Kier alpha value is -3.14. The molecule has 0 aliphatic heterocycles. The average Bonchev–Trinajstić information content (AvgIpc) is 2.64. The largest absolute Gasteiger partial charge is 0.385 e. The van der Waals surface area contributed by atoms with Crippen LogP contribution in [0.2, 0.25) is 0 Å². The number of nitrogens with one attached hydrogen (secondary N) is 2. The molecular weight excluding hydrogens is 332 g/mol. The van der Waals surface area contributed by atoms with Crippen LogP contribution in [-0.4, -0.2) is 16.5 Å². The first kappa shape index (κ1) is 18.6. The highest BCUT2D eigenvalue weighted by Crippen LogP contribution is 2.15. The van der Waals surface area contributed by atoms with Crippen LogP contribution < -0.4 is 10.6 Å². The molecule has 1 aromatic heterocycles. The number of rotatable bonds is 8. The van der Waals surface area contributed by atoms with Gasteiger partial charge in [-0.3, -0.25) is 0 Å². The van der Waals surface area contributed by atoms with Crippen molar-refractivity contribution in [3.05, 3.63) is 95.6 Å². The van der Waals surface area contributed by atoms with E-state index in [1.54, 1.807) is 6.33 Å². The van der Waals surface area contributed by atoms with Crippen molar-refractivity contribution >= 4 is 11.5 Å². The van der Waals surface area contributed by atoms with Crippen LogP contribution in [0.15, 0.2) is 73.2 Å². The first-order valence-corrected chi connectivity index (χ1v) is 9.21. The lowest BCUT2D eigenvalue weighted by Gasteiger charge is -2.10. The highest BCUT2D eigenvalue weighted by atomic mass is 15.0. The maximum Gasteiger partial charge on any atom is 0.133 e. The van der Waals surface area contributed by atoms with Crippen molar-refractivity contribution in [2.75, 3.05) is 17.2 Å². The maximum absolute atomic E-state index is 4.36. The fraction of sp³-hybridized carbons (Fsp3) is 0.217. The summed E-state index contributed by atoms with van der Waals surface area (Å²) in [6.45, 7) is 8.84. The molecule has 2 N–H and O–H groups in total.